The summed E-state index contributed by atoms with van der Waals surface area (Å²) >= 11 is 0. The molecular weight excluding hydrogens is 143 g/mol. The fourth-order valence-electron chi connectivity index (χ4n) is 0.835. The van der Waals surface area contributed by atoms with Gasteiger partial charge >= 0.3 is 0 Å². The van der Waals surface area contributed by atoms with E-state index in [0.717, 1.165) is 6.42 Å². The van der Waals surface area contributed by atoms with E-state index in [-0.39, 0.29) is 13.1 Å². The summed E-state index contributed by atoms with van der Waals surface area (Å²) in [6.07, 6.45) is 1.34. The zero-order valence-corrected chi connectivity index (χ0v) is 7.44. The van der Waals surface area contributed by atoms with Crippen molar-refractivity contribution < 1.29 is 4.39 Å². The molecule has 11 heavy (non-hydrogen) atoms. The highest BCUT2D eigenvalue weighted by atomic mass is 19.1. The fraction of sp³-hybridized carbons (Fsp3) is 1.00. The van der Waals surface area contributed by atoms with Crippen LogP contribution >= 0.6 is 0 Å². The summed E-state index contributed by atoms with van der Waals surface area (Å²) in [5.74, 6) is 0.517. The molecule has 0 aromatic carbocycles. The average molecular weight is 162 g/mol. The Bertz CT molecular complexity index is 100. The lowest BCUT2D eigenvalue weighted by Gasteiger charge is -2.22. The highest BCUT2D eigenvalue weighted by molar-refractivity contribution is 4.81. The van der Waals surface area contributed by atoms with Crippen molar-refractivity contribution in [1.29, 1.82) is 0 Å². The van der Waals surface area contributed by atoms with E-state index in [1.807, 2.05) is 0 Å². The van der Waals surface area contributed by atoms with Gasteiger partial charge in [0.25, 0.3) is 0 Å². The lowest BCUT2D eigenvalue weighted by atomic mass is 9.95. The molecule has 0 bridgehead atoms. The van der Waals surface area contributed by atoms with Crippen LogP contribution < -0.4 is 11.5 Å². The van der Waals surface area contributed by atoms with Gasteiger partial charge < -0.3 is 11.5 Å². The summed E-state index contributed by atoms with van der Waals surface area (Å²) in [4.78, 5) is 0. The van der Waals surface area contributed by atoms with Crippen molar-refractivity contribution >= 4 is 0 Å². The molecule has 0 aliphatic rings. The quantitative estimate of drug-likeness (QED) is 0.635. The molecule has 0 saturated carbocycles. The molecule has 0 aromatic heterocycles. The normalized spacial score (nSPS) is 12.5. The third kappa shape index (κ3) is 4.32. The van der Waals surface area contributed by atoms with Gasteiger partial charge in [-0.3, -0.25) is 0 Å². The van der Waals surface area contributed by atoms with Gasteiger partial charge in [0.1, 0.15) is 5.67 Å². The predicted molar refractivity (Wildman–Crippen MR) is 46.0 cm³/mol. The molecule has 0 aromatic rings. The van der Waals surface area contributed by atoms with Crippen LogP contribution in [0.25, 0.3) is 0 Å². The molecule has 0 saturated heterocycles. The predicted octanol–water partition coefficient (Wildman–Crippen LogP) is 1.05. The summed E-state index contributed by atoms with van der Waals surface area (Å²) in [6, 6.07) is 0. The zero-order chi connectivity index (χ0) is 8.91. The third-order valence-electron chi connectivity index (χ3n) is 1.90. The highest BCUT2D eigenvalue weighted by Crippen LogP contribution is 2.18. The topological polar surface area (TPSA) is 52.0 Å². The fourth-order valence-corrected chi connectivity index (χ4v) is 0.835. The van der Waals surface area contributed by atoms with E-state index in [1.54, 1.807) is 0 Å². The van der Waals surface area contributed by atoms with Crippen molar-refractivity contribution in [3.8, 4) is 0 Å². The second-order valence-corrected chi connectivity index (χ2v) is 3.49. The van der Waals surface area contributed by atoms with Gasteiger partial charge in [-0.05, 0) is 18.8 Å². The Hall–Kier alpha value is -0.150. The van der Waals surface area contributed by atoms with E-state index in [4.69, 9.17) is 11.5 Å². The number of alkyl halides is 1. The van der Waals surface area contributed by atoms with Crippen molar-refractivity contribution in [2.45, 2.75) is 32.4 Å². The Kier molecular flexibility index (Phi) is 4.61. The molecule has 0 fully saturated rings. The number of hydrogen-bond donors (Lipinski definition) is 2. The Morgan fingerprint density at radius 3 is 2.00 bits per heavy atom. The van der Waals surface area contributed by atoms with Gasteiger partial charge in [-0.1, -0.05) is 13.8 Å². The van der Waals surface area contributed by atoms with E-state index >= 15 is 0 Å². The third-order valence-corrected chi connectivity index (χ3v) is 1.90. The average Bonchev–Trinajstić information content (AvgIpc) is 2.00. The van der Waals surface area contributed by atoms with Gasteiger partial charge in [-0.25, -0.2) is 4.39 Å². The van der Waals surface area contributed by atoms with Crippen LogP contribution in [0.5, 0.6) is 0 Å². The van der Waals surface area contributed by atoms with Crippen LogP contribution in [0.3, 0.4) is 0 Å². The molecule has 0 radical (unpaired) electrons. The lowest BCUT2D eigenvalue weighted by molar-refractivity contribution is 0.159. The van der Waals surface area contributed by atoms with Gasteiger partial charge in [0.2, 0.25) is 0 Å². The molecule has 0 aliphatic carbocycles. The summed E-state index contributed by atoms with van der Waals surface area (Å²) in [5, 5.41) is 0. The number of halogens is 1. The first kappa shape index (κ1) is 10.8. The second-order valence-electron chi connectivity index (χ2n) is 3.49. The van der Waals surface area contributed by atoms with Crippen molar-refractivity contribution in [3.63, 3.8) is 0 Å². The van der Waals surface area contributed by atoms with Crippen LogP contribution in [0.4, 0.5) is 4.39 Å². The highest BCUT2D eigenvalue weighted by Gasteiger charge is 2.25. The Labute approximate surface area is 68.1 Å². The second kappa shape index (κ2) is 4.67. The molecule has 0 heterocycles. The summed E-state index contributed by atoms with van der Waals surface area (Å²) in [5.41, 5.74) is 9.17. The smallest absolute Gasteiger partial charge is 0.135 e. The molecular formula is C8H19FN2. The van der Waals surface area contributed by atoms with Crippen molar-refractivity contribution in [1.82, 2.24) is 0 Å². The summed E-state index contributed by atoms with van der Waals surface area (Å²) < 4.78 is 13.4. The molecule has 2 nitrogen and oxygen atoms in total. The van der Waals surface area contributed by atoms with Gasteiger partial charge in [-0.15, -0.1) is 0 Å². The summed E-state index contributed by atoms with van der Waals surface area (Å²) in [6.45, 7) is 4.20. The van der Waals surface area contributed by atoms with Crippen LogP contribution in [-0.2, 0) is 0 Å². The maximum atomic E-state index is 13.4. The zero-order valence-electron chi connectivity index (χ0n) is 7.44. The molecule has 0 rings (SSSR count). The first-order valence-corrected chi connectivity index (χ1v) is 4.13. The lowest BCUT2D eigenvalue weighted by Crippen LogP contribution is -2.40. The summed E-state index contributed by atoms with van der Waals surface area (Å²) in [7, 11) is 0. The monoisotopic (exact) mass is 162 g/mol. The van der Waals surface area contributed by atoms with E-state index in [0.29, 0.717) is 12.3 Å². The minimum Gasteiger partial charge on any atom is -0.327 e. The molecule has 0 aliphatic heterocycles. The molecule has 0 unspecified atom stereocenters. The van der Waals surface area contributed by atoms with Gasteiger partial charge in [0, 0.05) is 13.1 Å². The molecule has 68 valence electrons. The minimum absolute atomic E-state index is 0.0379. The Morgan fingerprint density at radius 1 is 1.27 bits per heavy atom. The maximum Gasteiger partial charge on any atom is 0.135 e. The van der Waals surface area contributed by atoms with Crippen LogP contribution in [-0.4, -0.2) is 18.8 Å². The minimum atomic E-state index is -1.33. The molecule has 0 spiro atoms. The standard InChI is InChI=1S/C8H19FN2/c1-7(2)3-4-8(9,5-10)6-11/h7H,3-6,10-11H2,1-2H3. The van der Waals surface area contributed by atoms with Crippen LogP contribution in [0.1, 0.15) is 26.7 Å². The van der Waals surface area contributed by atoms with E-state index in [9.17, 15) is 4.39 Å². The first-order chi connectivity index (χ1) is 5.04. The Morgan fingerprint density at radius 2 is 1.73 bits per heavy atom. The van der Waals surface area contributed by atoms with Crippen LogP contribution in [0.2, 0.25) is 0 Å². The molecule has 0 atom stereocenters. The largest absolute Gasteiger partial charge is 0.327 e. The molecule has 3 heteroatoms. The SMILES string of the molecule is CC(C)CCC(F)(CN)CN. The van der Waals surface area contributed by atoms with Crippen molar-refractivity contribution in [2.24, 2.45) is 17.4 Å². The van der Waals surface area contributed by atoms with Crippen LogP contribution in [0, 0.1) is 5.92 Å². The van der Waals surface area contributed by atoms with Gasteiger partial charge in [0.05, 0.1) is 0 Å². The van der Waals surface area contributed by atoms with E-state index < -0.39 is 5.67 Å². The van der Waals surface area contributed by atoms with Crippen molar-refractivity contribution in [2.75, 3.05) is 13.1 Å². The molecule has 4 N–H and O–H groups in total. The van der Waals surface area contributed by atoms with Crippen LogP contribution in [0.15, 0.2) is 0 Å². The first-order valence-electron chi connectivity index (χ1n) is 4.13. The van der Waals surface area contributed by atoms with Gasteiger partial charge in [-0.2, -0.15) is 0 Å². The Balaban J connectivity index is 3.69. The number of hydrogen-bond acceptors (Lipinski definition) is 2. The molecule has 0 amide bonds. The number of nitrogens with two attached hydrogens (primary N) is 2. The van der Waals surface area contributed by atoms with Gasteiger partial charge in [0.15, 0.2) is 0 Å². The van der Waals surface area contributed by atoms with E-state index in [2.05, 4.69) is 13.8 Å². The van der Waals surface area contributed by atoms with Crippen molar-refractivity contribution in [3.05, 3.63) is 0 Å². The maximum absolute atomic E-state index is 13.4. The number of rotatable bonds is 5. The van der Waals surface area contributed by atoms with E-state index in [1.165, 1.54) is 0 Å².